The maximum atomic E-state index is 12.7. The summed E-state index contributed by atoms with van der Waals surface area (Å²) in [7, 11) is 0. The van der Waals surface area contributed by atoms with E-state index < -0.39 is 23.9 Å². The molecule has 7 nitrogen and oxygen atoms in total. The summed E-state index contributed by atoms with van der Waals surface area (Å²) < 4.78 is 5.15. The number of benzene rings is 2. The van der Waals surface area contributed by atoms with Gasteiger partial charge in [0.25, 0.3) is 11.8 Å². The van der Waals surface area contributed by atoms with E-state index >= 15 is 0 Å². The van der Waals surface area contributed by atoms with Crippen LogP contribution >= 0.6 is 11.6 Å². The lowest BCUT2D eigenvalue weighted by Crippen LogP contribution is -2.42. The molecule has 0 aromatic heterocycles. The Labute approximate surface area is 173 Å². The van der Waals surface area contributed by atoms with Crippen molar-refractivity contribution in [3.63, 3.8) is 0 Å². The number of halogens is 1. The average molecular weight is 414 g/mol. The predicted molar refractivity (Wildman–Crippen MR) is 108 cm³/mol. The number of anilines is 1. The van der Waals surface area contributed by atoms with Crippen molar-refractivity contribution in [3.05, 3.63) is 65.2 Å². The first kappa shape index (κ1) is 21.9. The Morgan fingerprint density at radius 1 is 1.14 bits per heavy atom. The van der Waals surface area contributed by atoms with Gasteiger partial charge in [-0.2, -0.15) is 5.26 Å². The molecule has 0 bridgehead atoms. The number of rotatable bonds is 8. The van der Waals surface area contributed by atoms with Crippen LogP contribution in [0.25, 0.3) is 0 Å². The molecule has 2 amide bonds. The van der Waals surface area contributed by atoms with Gasteiger partial charge in [0.05, 0.1) is 12.5 Å². The second-order valence-electron chi connectivity index (χ2n) is 6.06. The molecule has 0 saturated heterocycles. The molecule has 0 heterocycles. The summed E-state index contributed by atoms with van der Waals surface area (Å²) in [5, 5.41) is 11.8. The molecule has 8 heteroatoms. The number of hydrogen-bond donors (Lipinski definition) is 1. The Morgan fingerprint density at radius 3 is 2.41 bits per heavy atom. The van der Waals surface area contributed by atoms with Crippen LogP contribution in [0.3, 0.4) is 0 Å². The van der Waals surface area contributed by atoms with Crippen LogP contribution in [0, 0.1) is 11.3 Å². The quantitative estimate of drug-likeness (QED) is 0.670. The number of amides is 2. The number of carbonyl (C=O) groups is 3. The summed E-state index contributed by atoms with van der Waals surface area (Å²) in [5.74, 6) is -1.66. The van der Waals surface area contributed by atoms with Gasteiger partial charge in [0.15, 0.2) is 6.10 Å². The van der Waals surface area contributed by atoms with E-state index in [1.165, 1.54) is 24.0 Å². The molecule has 2 aromatic carbocycles. The number of esters is 1. The largest absolute Gasteiger partial charge is 0.451 e. The Balaban J connectivity index is 1.92. The van der Waals surface area contributed by atoms with Gasteiger partial charge in [-0.05, 0) is 43.3 Å². The van der Waals surface area contributed by atoms with Crippen molar-refractivity contribution in [2.24, 2.45) is 0 Å². The number of hydrogen-bond acceptors (Lipinski definition) is 5. The fourth-order valence-corrected chi connectivity index (χ4v) is 2.63. The Kier molecular flexibility index (Phi) is 8.19. The lowest BCUT2D eigenvalue weighted by molar-refractivity contribution is -0.152. The number of nitriles is 1. The Morgan fingerprint density at radius 2 is 1.79 bits per heavy atom. The van der Waals surface area contributed by atoms with Crippen LogP contribution in [0.1, 0.15) is 23.7 Å². The third-order valence-electron chi connectivity index (χ3n) is 3.94. The number of ether oxygens (including phenoxy) is 1. The summed E-state index contributed by atoms with van der Waals surface area (Å²) >= 11 is 5.77. The maximum Gasteiger partial charge on any atom is 0.326 e. The van der Waals surface area contributed by atoms with Crippen LogP contribution in [0.2, 0.25) is 5.02 Å². The summed E-state index contributed by atoms with van der Waals surface area (Å²) in [6.07, 6.45) is -0.938. The van der Waals surface area contributed by atoms with E-state index in [0.717, 1.165) is 0 Å². The number of nitrogens with zero attached hydrogens (tertiary/aromatic N) is 2. The fourth-order valence-electron chi connectivity index (χ4n) is 2.50. The number of nitrogens with one attached hydrogen (secondary N) is 1. The third-order valence-corrected chi connectivity index (χ3v) is 4.19. The van der Waals surface area contributed by atoms with Gasteiger partial charge in [0, 0.05) is 22.8 Å². The maximum absolute atomic E-state index is 12.7. The topological polar surface area (TPSA) is 99.5 Å². The first-order valence-corrected chi connectivity index (χ1v) is 9.26. The summed E-state index contributed by atoms with van der Waals surface area (Å²) in [6, 6.07) is 17.0. The fraction of sp³-hybridized carbons (Fsp3) is 0.238. The highest BCUT2D eigenvalue weighted by Gasteiger charge is 2.25. The van der Waals surface area contributed by atoms with Gasteiger partial charge in [-0.15, -0.1) is 0 Å². The third kappa shape index (κ3) is 6.63. The highest BCUT2D eigenvalue weighted by molar-refractivity contribution is 6.30. The van der Waals surface area contributed by atoms with Gasteiger partial charge < -0.3 is 15.0 Å². The molecule has 0 saturated carbocycles. The predicted octanol–water partition coefficient (Wildman–Crippen LogP) is 2.95. The molecule has 29 heavy (non-hydrogen) atoms. The molecule has 1 atom stereocenters. The zero-order valence-corrected chi connectivity index (χ0v) is 16.6. The molecular formula is C21H20ClN3O4. The van der Waals surface area contributed by atoms with E-state index in [-0.39, 0.29) is 19.5 Å². The normalized spacial score (nSPS) is 11.1. The highest BCUT2D eigenvalue weighted by atomic mass is 35.5. The molecule has 1 N–H and O–H groups in total. The Bertz CT molecular complexity index is 894. The average Bonchev–Trinajstić information content (AvgIpc) is 2.73. The van der Waals surface area contributed by atoms with Crippen molar-refractivity contribution < 1.29 is 19.1 Å². The number of para-hydroxylation sites is 1. The summed E-state index contributed by atoms with van der Waals surface area (Å²) in [6.45, 7) is 1.24. The van der Waals surface area contributed by atoms with Crippen LogP contribution in [0.4, 0.5) is 5.69 Å². The first-order chi connectivity index (χ1) is 13.9. The summed E-state index contributed by atoms with van der Waals surface area (Å²) in [5.41, 5.74) is 0.949. The van der Waals surface area contributed by atoms with E-state index in [9.17, 15) is 14.4 Å². The van der Waals surface area contributed by atoms with Gasteiger partial charge in [-0.25, -0.2) is 0 Å². The lowest BCUT2D eigenvalue weighted by Gasteiger charge is -2.25. The molecule has 2 aromatic rings. The molecule has 0 fully saturated rings. The molecule has 0 aliphatic heterocycles. The second-order valence-corrected chi connectivity index (χ2v) is 6.49. The standard InChI is InChI=1S/C21H20ClN3O4/c1-15(21(28)25(13-5-12-23)18-6-3-2-4-7-18)29-19(26)14-24-20(27)16-8-10-17(22)11-9-16/h2-4,6-11,15H,5,13-14H2,1H3,(H,24,27)/t15-/m0/s1. The smallest absolute Gasteiger partial charge is 0.326 e. The zero-order valence-electron chi connectivity index (χ0n) is 15.8. The van der Waals surface area contributed by atoms with Crippen molar-refractivity contribution in [1.29, 1.82) is 5.26 Å². The molecule has 0 unspecified atom stereocenters. The van der Waals surface area contributed by atoms with E-state index in [1.54, 1.807) is 36.4 Å². The van der Waals surface area contributed by atoms with Crippen LogP contribution in [-0.4, -0.2) is 37.0 Å². The highest BCUT2D eigenvalue weighted by Crippen LogP contribution is 2.16. The van der Waals surface area contributed by atoms with Crippen molar-refractivity contribution in [1.82, 2.24) is 5.32 Å². The van der Waals surface area contributed by atoms with Crippen LogP contribution in [-0.2, 0) is 14.3 Å². The lowest BCUT2D eigenvalue weighted by atomic mass is 10.2. The minimum absolute atomic E-state index is 0.137. The van der Waals surface area contributed by atoms with E-state index in [0.29, 0.717) is 16.3 Å². The van der Waals surface area contributed by atoms with Crippen molar-refractivity contribution >= 4 is 35.1 Å². The van der Waals surface area contributed by atoms with Gasteiger partial charge >= 0.3 is 5.97 Å². The SMILES string of the molecule is C[C@H](OC(=O)CNC(=O)c1ccc(Cl)cc1)C(=O)N(CCC#N)c1ccccc1. The van der Waals surface area contributed by atoms with Crippen LogP contribution in [0.5, 0.6) is 0 Å². The molecule has 150 valence electrons. The van der Waals surface area contributed by atoms with Gasteiger partial charge in [-0.1, -0.05) is 29.8 Å². The van der Waals surface area contributed by atoms with E-state index in [4.69, 9.17) is 21.6 Å². The minimum Gasteiger partial charge on any atom is -0.451 e. The van der Waals surface area contributed by atoms with Gasteiger partial charge in [0.1, 0.15) is 6.54 Å². The van der Waals surface area contributed by atoms with Crippen LogP contribution in [0.15, 0.2) is 54.6 Å². The second kappa shape index (κ2) is 10.8. The number of carbonyl (C=O) groups excluding carboxylic acids is 3. The van der Waals surface area contributed by atoms with E-state index in [2.05, 4.69) is 5.32 Å². The molecule has 0 radical (unpaired) electrons. The summed E-state index contributed by atoms with van der Waals surface area (Å²) in [4.78, 5) is 38.2. The zero-order chi connectivity index (χ0) is 21.2. The Hall–Kier alpha value is -3.37. The first-order valence-electron chi connectivity index (χ1n) is 8.89. The van der Waals surface area contributed by atoms with Gasteiger partial charge in [0.2, 0.25) is 0 Å². The molecule has 0 spiro atoms. The van der Waals surface area contributed by atoms with Gasteiger partial charge in [-0.3, -0.25) is 14.4 Å². The molecular weight excluding hydrogens is 394 g/mol. The van der Waals surface area contributed by atoms with E-state index in [1.807, 2.05) is 12.1 Å². The monoisotopic (exact) mass is 413 g/mol. The molecule has 0 aliphatic rings. The molecule has 2 rings (SSSR count). The minimum atomic E-state index is -1.08. The molecule has 0 aliphatic carbocycles. The van der Waals surface area contributed by atoms with Crippen molar-refractivity contribution in [2.75, 3.05) is 18.0 Å². The van der Waals surface area contributed by atoms with Crippen LogP contribution < -0.4 is 10.2 Å². The van der Waals surface area contributed by atoms with Crippen molar-refractivity contribution in [3.8, 4) is 6.07 Å². The van der Waals surface area contributed by atoms with Crippen molar-refractivity contribution in [2.45, 2.75) is 19.4 Å².